The Morgan fingerprint density at radius 3 is 2.65 bits per heavy atom. The Bertz CT molecular complexity index is 320. The molecule has 7 heteroatoms. The van der Waals surface area contributed by atoms with Crippen LogP contribution in [0.2, 0.25) is 0 Å². The van der Waals surface area contributed by atoms with Gasteiger partial charge in [0.15, 0.2) is 0 Å². The number of hydrogen-bond acceptors (Lipinski definition) is 5. The molecule has 0 aromatic carbocycles. The molecule has 1 aliphatic heterocycles. The van der Waals surface area contributed by atoms with E-state index in [9.17, 15) is 9.59 Å². The average molecular weight is 303 g/mol. The molecule has 1 fully saturated rings. The van der Waals surface area contributed by atoms with Crippen LogP contribution in [0.3, 0.4) is 0 Å². The Labute approximate surface area is 124 Å². The molecular formula is C13H25N3O3S. The van der Waals surface area contributed by atoms with Gasteiger partial charge in [-0.25, -0.2) is 0 Å². The van der Waals surface area contributed by atoms with E-state index in [1.807, 2.05) is 6.26 Å². The van der Waals surface area contributed by atoms with Gasteiger partial charge in [0.25, 0.3) is 0 Å². The summed E-state index contributed by atoms with van der Waals surface area (Å²) in [6.45, 7) is 1.44. The molecule has 3 N–H and O–H groups in total. The number of nitrogens with two attached hydrogens (primary N) is 1. The predicted molar refractivity (Wildman–Crippen MR) is 80.6 cm³/mol. The Morgan fingerprint density at radius 1 is 1.45 bits per heavy atom. The quantitative estimate of drug-likeness (QED) is 0.681. The van der Waals surface area contributed by atoms with Gasteiger partial charge in [-0.05, 0) is 31.3 Å². The number of carbonyl (C=O) groups excluding carboxylic acids is 2. The molecule has 0 spiro atoms. The van der Waals surface area contributed by atoms with Crippen molar-refractivity contribution < 1.29 is 14.3 Å². The fourth-order valence-electron chi connectivity index (χ4n) is 2.17. The minimum atomic E-state index is -0.435. The molecule has 0 radical (unpaired) electrons. The van der Waals surface area contributed by atoms with Crippen molar-refractivity contribution in [2.75, 3.05) is 38.8 Å². The summed E-state index contributed by atoms with van der Waals surface area (Å²) >= 11 is 1.69. The van der Waals surface area contributed by atoms with Gasteiger partial charge in [-0.2, -0.15) is 11.8 Å². The summed E-state index contributed by atoms with van der Waals surface area (Å²) in [6, 6.07) is -0.315. The maximum absolute atomic E-state index is 11.9. The number of amides is 2. The standard InChI is InChI=1S/C13H25N3O3S/c1-19-9-12(17)16-6-3-10(4-7-16)15-13(18)11(14)5-8-20-2/h10-11H,3-9,14H2,1-2H3,(H,15,18)/t11-/m0/s1. The first-order chi connectivity index (χ1) is 9.58. The zero-order chi connectivity index (χ0) is 15.0. The van der Waals surface area contributed by atoms with Gasteiger partial charge in [-0.1, -0.05) is 0 Å². The molecule has 116 valence electrons. The SMILES string of the molecule is COCC(=O)N1CCC(NC(=O)[C@@H](N)CCSC)CC1. The van der Waals surface area contributed by atoms with Crippen molar-refractivity contribution in [3.05, 3.63) is 0 Å². The third-order valence-corrected chi connectivity index (χ3v) is 4.08. The van der Waals surface area contributed by atoms with Crippen LogP contribution in [0.15, 0.2) is 0 Å². The van der Waals surface area contributed by atoms with Gasteiger partial charge in [0.2, 0.25) is 11.8 Å². The van der Waals surface area contributed by atoms with E-state index in [0.29, 0.717) is 19.5 Å². The number of piperidine rings is 1. The number of likely N-dealkylation sites (tertiary alicyclic amines) is 1. The van der Waals surface area contributed by atoms with Crippen molar-refractivity contribution in [3.8, 4) is 0 Å². The number of nitrogens with one attached hydrogen (secondary N) is 1. The van der Waals surface area contributed by atoms with Crippen molar-refractivity contribution >= 4 is 23.6 Å². The molecule has 1 atom stereocenters. The summed E-state index contributed by atoms with van der Waals surface area (Å²) in [5.41, 5.74) is 5.83. The summed E-state index contributed by atoms with van der Waals surface area (Å²) in [5, 5.41) is 2.98. The molecule has 1 rings (SSSR count). The molecule has 0 aliphatic carbocycles. The molecule has 1 saturated heterocycles. The van der Waals surface area contributed by atoms with Gasteiger partial charge in [0, 0.05) is 26.2 Å². The zero-order valence-corrected chi connectivity index (χ0v) is 13.1. The van der Waals surface area contributed by atoms with E-state index in [-0.39, 0.29) is 24.5 Å². The van der Waals surface area contributed by atoms with Crippen molar-refractivity contribution in [1.82, 2.24) is 10.2 Å². The Hall–Kier alpha value is -0.790. The molecule has 6 nitrogen and oxygen atoms in total. The normalized spacial score (nSPS) is 17.9. The maximum atomic E-state index is 11.9. The van der Waals surface area contributed by atoms with Crippen LogP contribution in [0.25, 0.3) is 0 Å². The lowest BCUT2D eigenvalue weighted by Crippen LogP contribution is -2.51. The fourth-order valence-corrected chi connectivity index (χ4v) is 2.66. The second-order valence-electron chi connectivity index (χ2n) is 4.98. The van der Waals surface area contributed by atoms with Crippen LogP contribution >= 0.6 is 11.8 Å². The summed E-state index contributed by atoms with van der Waals surface area (Å²) in [6.07, 6.45) is 4.24. The third kappa shape index (κ3) is 5.68. The average Bonchev–Trinajstić information content (AvgIpc) is 2.45. The lowest BCUT2D eigenvalue weighted by molar-refractivity contribution is -0.136. The molecule has 0 aromatic rings. The van der Waals surface area contributed by atoms with Gasteiger partial charge < -0.3 is 20.7 Å². The van der Waals surface area contributed by atoms with Crippen LogP contribution in [0.5, 0.6) is 0 Å². The van der Waals surface area contributed by atoms with E-state index in [1.165, 1.54) is 7.11 Å². The molecule has 0 aromatic heterocycles. The van der Waals surface area contributed by atoms with E-state index >= 15 is 0 Å². The second-order valence-corrected chi connectivity index (χ2v) is 5.97. The molecule has 0 bridgehead atoms. The van der Waals surface area contributed by atoms with Crippen molar-refractivity contribution in [2.24, 2.45) is 5.73 Å². The molecule has 0 unspecified atom stereocenters. The molecule has 1 heterocycles. The lowest BCUT2D eigenvalue weighted by Gasteiger charge is -2.32. The van der Waals surface area contributed by atoms with Crippen molar-refractivity contribution in [1.29, 1.82) is 0 Å². The minimum Gasteiger partial charge on any atom is -0.375 e. The van der Waals surface area contributed by atoms with E-state index in [4.69, 9.17) is 10.5 Å². The number of methoxy groups -OCH3 is 1. The number of nitrogens with zero attached hydrogens (tertiary/aromatic N) is 1. The summed E-state index contributed by atoms with van der Waals surface area (Å²) < 4.78 is 4.84. The lowest BCUT2D eigenvalue weighted by atomic mass is 10.0. The fraction of sp³-hybridized carbons (Fsp3) is 0.846. The van der Waals surface area contributed by atoms with Crippen LogP contribution in [0, 0.1) is 0 Å². The van der Waals surface area contributed by atoms with Crippen LogP contribution < -0.4 is 11.1 Å². The highest BCUT2D eigenvalue weighted by Gasteiger charge is 2.24. The van der Waals surface area contributed by atoms with E-state index in [2.05, 4.69) is 5.32 Å². The van der Waals surface area contributed by atoms with Gasteiger partial charge >= 0.3 is 0 Å². The maximum Gasteiger partial charge on any atom is 0.248 e. The Balaban J connectivity index is 2.28. The van der Waals surface area contributed by atoms with E-state index in [1.54, 1.807) is 16.7 Å². The Kier molecular flexibility index (Phi) is 7.94. The minimum absolute atomic E-state index is 0.00829. The number of carbonyl (C=O) groups is 2. The van der Waals surface area contributed by atoms with Crippen LogP contribution in [0.4, 0.5) is 0 Å². The number of rotatable bonds is 7. The molecule has 20 heavy (non-hydrogen) atoms. The van der Waals surface area contributed by atoms with Crippen molar-refractivity contribution in [3.63, 3.8) is 0 Å². The highest BCUT2D eigenvalue weighted by Crippen LogP contribution is 2.11. The van der Waals surface area contributed by atoms with Crippen LogP contribution in [0.1, 0.15) is 19.3 Å². The first-order valence-corrected chi connectivity index (χ1v) is 8.29. The molecule has 0 saturated carbocycles. The molecule has 1 aliphatic rings. The molecule has 2 amide bonds. The van der Waals surface area contributed by atoms with Gasteiger partial charge in [-0.15, -0.1) is 0 Å². The Morgan fingerprint density at radius 2 is 2.10 bits per heavy atom. The smallest absolute Gasteiger partial charge is 0.248 e. The first kappa shape index (κ1) is 17.3. The van der Waals surface area contributed by atoms with Gasteiger partial charge in [0.1, 0.15) is 6.61 Å². The topological polar surface area (TPSA) is 84.7 Å². The predicted octanol–water partition coefficient (Wildman–Crippen LogP) is -0.180. The summed E-state index contributed by atoms with van der Waals surface area (Å²) in [7, 11) is 1.51. The second kappa shape index (κ2) is 9.20. The highest BCUT2D eigenvalue weighted by molar-refractivity contribution is 7.98. The third-order valence-electron chi connectivity index (χ3n) is 3.43. The molecular weight excluding hydrogens is 278 g/mol. The van der Waals surface area contributed by atoms with Crippen molar-refractivity contribution in [2.45, 2.75) is 31.3 Å². The number of ether oxygens (including phenoxy) is 1. The van der Waals surface area contributed by atoms with Crippen LogP contribution in [-0.4, -0.2) is 67.6 Å². The largest absolute Gasteiger partial charge is 0.375 e. The van der Waals surface area contributed by atoms with Crippen LogP contribution in [-0.2, 0) is 14.3 Å². The van der Waals surface area contributed by atoms with E-state index < -0.39 is 6.04 Å². The number of hydrogen-bond donors (Lipinski definition) is 2. The first-order valence-electron chi connectivity index (χ1n) is 6.90. The van der Waals surface area contributed by atoms with Gasteiger partial charge in [-0.3, -0.25) is 9.59 Å². The highest BCUT2D eigenvalue weighted by atomic mass is 32.2. The van der Waals surface area contributed by atoms with Gasteiger partial charge in [0.05, 0.1) is 6.04 Å². The number of thioether (sulfide) groups is 1. The summed E-state index contributed by atoms with van der Waals surface area (Å²) in [5.74, 6) is 0.813. The monoisotopic (exact) mass is 303 g/mol. The van der Waals surface area contributed by atoms with E-state index in [0.717, 1.165) is 18.6 Å². The summed E-state index contributed by atoms with van der Waals surface area (Å²) in [4.78, 5) is 25.3. The zero-order valence-electron chi connectivity index (χ0n) is 12.3.